The van der Waals surface area contributed by atoms with Gasteiger partial charge in [0.15, 0.2) is 0 Å². The molecule has 0 aliphatic heterocycles. The summed E-state index contributed by atoms with van der Waals surface area (Å²) in [6.45, 7) is 2.80. The lowest BCUT2D eigenvalue weighted by molar-refractivity contribution is 0.416. The molecule has 0 unspecified atom stereocenters. The summed E-state index contributed by atoms with van der Waals surface area (Å²) in [5.74, 6) is 0.938. The normalized spacial score (nSPS) is 13.4. The van der Waals surface area contributed by atoms with Crippen LogP contribution in [0.5, 0.6) is 5.75 Å². The smallest absolute Gasteiger partial charge is 0.142 e. The van der Waals surface area contributed by atoms with Crippen LogP contribution in [0, 0.1) is 6.92 Å². The Hall–Kier alpha value is -1.55. The Kier molecular flexibility index (Phi) is 3.42. The van der Waals surface area contributed by atoms with E-state index >= 15 is 0 Å². The Balaban J connectivity index is 1.85. The molecule has 19 heavy (non-hydrogen) atoms. The lowest BCUT2D eigenvalue weighted by Crippen LogP contribution is -2.05. The molecule has 1 aromatic carbocycles. The Bertz CT molecular complexity index is 592. The third kappa shape index (κ3) is 2.45. The minimum Gasteiger partial charge on any atom is -0.495 e. The fourth-order valence-electron chi connectivity index (χ4n) is 2.68. The topological polar surface area (TPSA) is 34.1 Å². The predicted octanol–water partition coefficient (Wildman–Crippen LogP) is 3.56. The standard InChI is InChI=1S/C15H18N2OS/c1-10-17-12(9-19-10)8-16-15-13-5-3-4-11(13)6-7-14(15)18-2/h6-7,9,16H,3-5,8H2,1-2H3. The molecule has 3 rings (SSSR count). The molecule has 1 aromatic heterocycles. The van der Waals surface area contributed by atoms with Gasteiger partial charge in [-0.1, -0.05) is 6.07 Å². The van der Waals surface area contributed by atoms with Gasteiger partial charge in [0.2, 0.25) is 0 Å². The SMILES string of the molecule is COc1ccc2c(c1NCc1csc(C)n1)CCC2. The van der Waals surface area contributed by atoms with E-state index in [2.05, 4.69) is 27.8 Å². The second-order valence-corrected chi connectivity index (χ2v) is 5.91. The molecule has 0 saturated carbocycles. The first-order chi connectivity index (χ1) is 9.28. The number of nitrogens with zero attached hydrogens (tertiary/aromatic N) is 1. The Labute approximate surface area is 117 Å². The van der Waals surface area contributed by atoms with Crippen LogP contribution >= 0.6 is 11.3 Å². The zero-order chi connectivity index (χ0) is 13.2. The molecule has 0 spiro atoms. The van der Waals surface area contributed by atoms with Crippen molar-refractivity contribution in [3.8, 4) is 5.75 Å². The molecule has 3 nitrogen and oxygen atoms in total. The van der Waals surface area contributed by atoms with Gasteiger partial charge >= 0.3 is 0 Å². The van der Waals surface area contributed by atoms with Gasteiger partial charge in [-0.25, -0.2) is 4.98 Å². The van der Waals surface area contributed by atoms with Crippen LogP contribution < -0.4 is 10.1 Å². The van der Waals surface area contributed by atoms with E-state index in [1.165, 1.54) is 24.0 Å². The number of aromatic nitrogens is 1. The van der Waals surface area contributed by atoms with Crippen molar-refractivity contribution >= 4 is 17.0 Å². The minimum absolute atomic E-state index is 0.761. The number of benzene rings is 1. The summed E-state index contributed by atoms with van der Waals surface area (Å²) >= 11 is 1.69. The zero-order valence-electron chi connectivity index (χ0n) is 11.3. The summed E-state index contributed by atoms with van der Waals surface area (Å²) in [5.41, 5.74) is 5.13. The summed E-state index contributed by atoms with van der Waals surface area (Å²) in [4.78, 5) is 4.49. The Morgan fingerprint density at radius 1 is 1.37 bits per heavy atom. The fourth-order valence-corrected chi connectivity index (χ4v) is 3.29. The van der Waals surface area contributed by atoms with E-state index in [-0.39, 0.29) is 0 Å². The molecule has 0 bridgehead atoms. The van der Waals surface area contributed by atoms with Crippen molar-refractivity contribution in [1.82, 2.24) is 4.98 Å². The molecule has 1 N–H and O–H groups in total. The molecule has 0 amide bonds. The van der Waals surface area contributed by atoms with Gasteiger partial charge in [-0.2, -0.15) is 0 Å². The average Bonchev–Trinajstić information content (AvgIpc) is 3.04. The number of ether oxygens (including phenoxy) is 1. The fraction of sp³-hybridized carbons (Fsp3) is 0.400. The van der Waals surface area contributed by atoms with Crippen molar-refractivity contribution in [2.75, 3.05) is 12.4 Å². The molecule has 1 heterocycles. The number of methoxy groups -OCH3 is 1. The van der Waals surface area contributed by atoms with Gasteiger partial charge in [0.05, 0.1) is 30.0 Å². The Morgan fingerprint density at radius 3 is 3.00 bits per heavy atom. The van der Waals surface area contributed by atoms with E-state index in [0.29, 0.717) is 0 Å². The molecular weight excluding hydrogens is 256 g/mol. The quantitative estimate of drug-likeness (QED) is 0.925. The highest BCUT2D eigenvalue weighted by molar-refractivity contribution is 7.09. The predicted molar refractivity (Wildman–Crippen MR) is 79.2 cm³/mol. The summed E-state index contributed by atoms with van der Waals surface area (Å²) < 4.78 is 5.48. The van der Waals surface area contributed by atoms with E-state index in [4.69, 9.17) is 4.74 Å². The number of thiazole rings is 1. The highest BCUT2D eigenvalue weighted by atomic mass is 32.1. The molecule has 0 fully saturated rings. The maximum Gasteiger partial charge on any atom is 0.142 e. The molecular formula is C15H18N2OS. The first-order valence-corrected chi connectivity index (χ1v) is 7.49. The first kappa shape index (κ1) is 12.5. The number of hydrogen-bond donors (Lipinski definition) is 1. The van der Waals surface area contributed by atoms with Gasteiger partial charge < -0.3 is 10.1 Å². The third-order valence-corrected chi connectivity index (χ3v) is 4.40. The average molecular weight is 274 g/mol. The summed E-state index contributed by atoms with van der Waals surface area (Å²) in [6.07, 6.45) is 3.57. The highest BCUT2D eigenvalue weighted by Gasteiger charge is 2.18. The van der Waals surface area contributed by atoms with Crippen LogP contribution in [0.25, 0.3) is 0 Å². The molecule has 4 heteroatoms. The summed E-state index contributed by atoms with van der Waals surface area (Å²) in [7, 11) is 1.73. The molecule has 1 aliphatic carbocycles. The number of fused-ring (bicyclic) bond motifs is 1. The number of rotatable bonds is 4. The second-order valence-electron chi connectivity index (χ2n) is 4.85. The molecule has 100 valence electrons. The van der Waals surface area contributed by atoms with Crippen LogP contribution in [-0.4, -0.2) is 12.1 Å². The molecule has 0 saturated heterocycles. The molecule has 1 aliphatic rings. The first-order valence-electron chi connectivity index (χ1n) is 6.61. The molecule has 2 aromatic rings. The van der Waals surface area contributed by atoms with E-state index in [1.54, 1.807) is 18.4 Å². The highest BCUT2D eigenvalue weighted by Crippen LogP contribution is 2.36. The van der Waals surface area contributed by atoms with Crippen LogP contribution in [0.4, 0.5) is 5.69 Å². The largest absolute Gasteiger partial charge is 0.495 e. The van der Waals surface area contributed by atoms with Crippen LogP contribution in [0.2, 0.25) is 0 Å². The van der Waals surface area contributed by atoms with Crippen LogP contribution in [0.1, 0.15) is 28.2 Å². The van der Waals surface area contributed by atoms with E-state index in [0.717, 1.165) is 35.1 Å². The van der Waals surface area contributed by atoms with Crippen molar-refractivity contribution in [3.63, 3.8) is 0 Å². The van der Waals surface area contributed by atoms with Gasteiger partial charge in [-0.05, 0) is 43.4 Å². The maximum absolute atomic E-state index is 5.48. The van der Waals surface area contributed by atoms with Crippen molar-refractivity contribution in [3.05, 3.63) is 39.3 Å². The lowest BCUT2D eigenvalue weighted by atomic mass is 10.1. The van der Waals surface area contributed by atoms with Crippen molar-refractivity contribution in [2.45, 2.75) is 32.7 Å². The van der Waals surface area contributed by atoms with Gasteiger partial charge in [0, 0.05) is 5.38 Å². The van der Waals surface area contributed by atoms with Crippen LogP contribution in [0.3, 0.4) is 0 Å². The van der Waals surface area contributed by atoms with E-state index in [1.807, 2.05) is 6.92 Å². The maximum atomic E-state index is 5.48. The van der Waals surface area contributed by atoms with Gasteiger partial charge in [0.25, 0.3) is 0 Å². The molecule has 0 radical (unpaired) electrons. The lowest BCUT2D eigenvalue weighted by Gasteiger charge is -2.15. The second kappa shape index (κ2) is 5.21. The number of hydrogen-bond acceptors (Lipinski definition) is 4. The monoisotopic (exact) mass is 274 g/mol. The summed E-state index contributed by atoms with van der Waals surface area (Å²) in [6, 6.07) is 4.26. The van der Waals surface area contributed by atoms with E-state index in [9.17, 15) is 0 Å². The molecule has 0 atom stereocenters. The number of anilines is 1. The third-order valence-electron chi connectivity index (χ3n) is 3.58. The van der Waals surface area contributed by atoms with Crippen molar-refractivity contribution < 1.29 is 4.74 Å². The van der Waals surface area contributed by atoms with E-state index < -0.39 is 0 Å². The van der Waals surface area contributed by atoms with Gasteiger partial charge in [0.1, 0.15) is 5.75 Å². The van der Waals surface area contributed by atoms with Gasteiger partial charge in [-0.3, -0.25) is 0 Å². The number of nitrogens with one attached hydrogen (secondary N) is 1. The Morgan fingerprint density at radius 2 is 2.26 bits per heavy atom. The van der Waals surface area contributed by atoms with Crippen LogP contribution in [0.15, 0.2) is 17.5 Å². The van der Waals surface area contributed by atoms with Crippen molar-refractivity contribution in [1.29, 1.82) is 0 Å². The van der Waals surface area contributed by atoms with Crippen molar-refractivity contribution in [2.24, 2.45) is 0 Å². The summed E-state index contributed by atoms with van der Waals surface area (Å²) in [5, 5.41) is 6.74. The van der Waals surface area contributed by atoms with Crippen LogP contribution in [-0.2, 0) is 19.4 Å². The zero-order valence-corrected chi connectivity index (χ0v) is 12.1. The number of aryl methyl sites for hydroxylation is 2. The minimum atomic E-state index is 0.761. The van der Waals surface area contributed by atoms with Gasteiger partial charge in [-0.15, -0.1) is 11.3 Å².